The lowest BCUT2D eigenvalue weighted by Gasteiger charge is -2.34. The number of nitrogens with zero attached hydrogens (tertiary/aromatic N) is 3. The van der Waals surface area contributed by atoms with Crippen molar-refractivity contribution in [2.24, 2.45) is 5.92 Å². The second kappa shape index (κ2) is 7.39. The van der Waals surface area contributed by atoms with Gasteiger partial charge in [-0.05, 0) is 44.9 Å². The fourth-order valence-electron chi connectivity index (χ4n) is 2.94. The van der Waals surface area contributed by atoms with E-state index in [9.17, 15) is 4.79 Å². The molecule has 0 bridgehead atoms. The van der Waals surface area contributed by atoms with Crippen LogP contribution in [0.4, 0.5) is 0 Å². The average molecular weight is 275 g/mol. The van der Waals surface area contributed by atoms with Gasteiger partial charge in [0.25, 0.3) is 0 Å². The van der Waals surface area contributed by atoms with E-state index in [1.807, 2.05) is 17.2 Å². The van der Waals surface area contributed by atoms with E-state index in [1.54, 1.807) is 6.20 Å². The first-order valence-electron chi connectivity index (χ1n) is 7.64. The summed E-state index contributed by atoms with van der Waals surface area (Å²) >= 11 is 0. The highest BCUT2D eigenvalue weighted by Gasteiger charge is 2.28. The maximum atomic E-state index is 12.4. The lowest BCUT2D eigenvalue weighted by Crippen LogP contribution is -2.44. The quantitative estimate of drug-likeness (QED) is 0.826. The molecule has 1 atom stereocenters. The molecule has 1 aromatic heterocycles. The van der Waals surface area contributed by atoms with E-state index >= 15 is 0 Å². The molecule has 1 aliphatic rings. The van der Waals surface area contributed by atoms with Crippen molar-refractivity contribution in [1.82, 2.24) is 14.8 Å². The lowest BCUT2D eigenvalue weighted by molar-refractivity contribution is -0.137. The molecule has 20 heavy (non-hydrogen) atoms. The van der Waals surface area contributed by atoms with E-state index in [2.05, 4.69) is 29.8 Å². The van der Waals surface area contributed by atoms with Crippen molar-refractivity contribution in [2.45, 2.75) is 33.2 Å². The number of aromatic nitrogens is 1. The zero-order valence-corrected chi connectivity index (χ0v) is 12.6. The van der Waals surface area contributed by atoms with Crippen LogP contribution in [-0.4, -0.2) is 46.9 Å². The topological polar surface area (TPSA) is 36.4 Å². The third-order valence-corrected chi connectivity index (χ3v) is 4.06. The number of carbonyl (C=O) groups is 1. The molecule has 2 rings (SSSR count). The van der Waals surface area contributed by atoms with Crippen LogP contribution in [0.15, 0.2) is 24.5 Å². The van der Waals surface area contributed by atoms with Gasteiger partial charge in [0.05, 0.1) is 5.92 Å². The van der Waals surface area contributed by atoms with Crippen molar-refractivity contribution in [3.63, 3.8) is 0 Å². The smallest absolute Gasteiger partial charge is 0.226 e. The zero-order valence-electron chi connectivity index (χ0n) is 12.6. The van der Waals surface area contributed by atoms with Crippen LogP contribution in [0.2, 0.25) is 0 Å². The summed E-state index contributed by atoms with van der Waals surface area (Å²) in [6.07, 6.45) is 5.85. The van der Waals surface area contributed by atoms with Gasteiger partial charge in [-0.2, -0.15) is 0 Å². The van der Waals surface area contributed by atoms with E-state index < -0.39 is 0 Å². The maximum absolute atomic E-state index is 12.4. The number of rotatable bonds is 5. The van der Waals surface area contributed by atoms with Crippen molar-refractivity contribution >= 4 is 5.91 Å². The molecule has 4 heteroatoms. The van der Waals surface area contributed by atoms with Gasteiger partial charge in [0.15, 0.2) is 0 Å². The standard InChI is InChI=1S/C16H25N3O/c1-3-19(4-2)16(20)15-8-6-10-18(13-15)12-14-7-5-9-17-11-14/h5,7,9,11,15H,3-4,6,8,10,12-13H2,1-2H3/t15-/m1/s1. The van der Waals surface area contributed by atoms with Crippen LogP contribution in [0, 0.1) is 5.92 Å². The third kappa shape index (κ3) is 3.79. The number of piperidine rings is 1. The first-order valence-corrected chi connectivity index (χ1v) is 7.64. The fourth-order valence-corrected chi connectivity index (χ4v) is 2.94. The van der Waals surface area contributed by atoms with Gasteiger partial charge in [0.1, 0.15) is 0 Å². The van der Waals surface area contributed by atoms with E-state index in [4.69, 9.17) is 0 Å². The molecule has 1 saturated heterocycles. The van der Waals surface area contributed by atoms with Crippen LogP contribution in [0.3, 0.4) is 0 Å². The number of likely N-dealkylation sites (tertiary alicyclic amines) is 1. The Bertz CT molecular complexity index is 417. The van der Waals surface area contributed by atoms with Crippen molar-refractivity contribution in [1.29, 1.82) is 0 Å². The SMILES string of the molecule is CCN(CC)C(=O)[C@@H]1CCCN(Cc2cccnc2)C1. The Morgan fingerprint density at radius 2 is 2.25 bits per heavy atom. The molecule has 1 aromatic rings. The normalized spacial score (nSPS) is 19.8. The minimum atomic E-state index is 0.167. The van der Waals surface area contributed by atoms with Gasteiger partial charge in [0.2, 0.25) is 5.91 Å². The molecule has 0 saturated carbocycles. The average Bonchev–Trinajstić information content (AvgIpc) is 2.49. The molecular weight excluding hydrogens is 250 g/mol. The van der Waals surface area contributed by atoms with Crippen molar-refractivity contribution in [3.8, 4) is 0 Å². The molecule has 0 radical (unpaired) electrons. The first-order chi connectivity index (χ1) is 9.74. The molecule has 4 nitrogen and oxygen atoms in total. The molecule has 2 heterocycles. The molecular formula is C16H25N3O. The van der Waals surface area contributed by atoms with Crippen molar-refractivity contribution < 1.29 is 4.79 Å². The predicted molar refractivity (Wildman–Crippen MR) is 80.2 cm³/mol. The molecule has 0 aliphatic carbocycles. The number of pyridine rings is 1. The number of hydrogen-bond donors (Lipinski definition) is 0. The van der Waals surface area contributed by atoms with Crippen LogP contribution < -0.4 is 0 Å². The fraction of sp³-hybridized carbons (Fsp3) is 0.625. The minimum Gasteiger partial charge on any atom is -0.343 e. The van der Waals surface area contributed by atoms with Crippen LogP contribution in [-0.2, 0) is 11.3 Å². The van der Waals surface area contributed by atoms with Gasteiger partial charge in [0, 0.05) is 38.6 Å². The van der Waals surface area contributed by atoms with Crippen molar-refractivity contribution in [3.05, 3.63) is 30.1 Å². The van der Waals surface area contributed by atoms with Gasteiger partial charge in [-0.3, -0.25) is 14.7 Å². The Hall–Kier alpha value is -1.42. The highest BCUT2D eigenvalue weighted by Crippen LogP contribution is 2.20. The summed E-state index contributed by atoms with van der Waals surface area (Å²) < 4.78 is 0. The lowest BCUT2D eigenvalue weighted by atomic mass is 9.96. The van der Waals surface area contributed by atoms with Crippen LogP contribution >= 0.6 is 0 Å². The van der Waals surface area contributed by atoms with Gasteiger partial charge < -0.3 is 4.90 Å². The summed E-state index contributed by atoms with van der Waals surface area (Å²) in [5, 5.41) is 0. The summed E-state index contributed by atoms with van der Waals surface area (Å²) in [6.45, 7) is 8.59. The van der Waals surface area contributed by atoms with Crippen LogP contribution in [0.25, 0.3) is 0 Å². The molecule has 1 amide bonds. The second-order valence-electron chi connectivity index (χ2n) is 5.45. The van der Waals surface area contributed by atoms with E-state index in [1.165, 1.54) is 5.56 Å². The molecule has 110 valence electrons. The highest BCUT2D eigenvalue weighted by molar-refractivity contribution is 5.79. The summed E-state index contributed by atoms with van der Waals surface area (Å²) in [5.41, 5.74) is 1.23. The summed E-state index contributed by atoms with van der Waals surface area (Å²) in [6, 6.07) is 4.07. The largest absolute Gasteiger partial charge is 0.343 e. The minimum absolute atomic E-state index is 0.167. The summed E-state index contributed by atoms with van der Waals surface area (Å²) in [7, 11) is 0. The predicted octanol–water partition coefficient (Wildman–Crippen LogP) is 2.16. The molecule has 1 fully saturated rings. The van der Waals surface area contributed by atoms with Gasteiger partial charge in [-0.15, -0.1) is 0 Å². The number of carbonyl (C=O) groups excluding carboxylic acids is 1. The molecule has 0 spiro atoms. The Labute approximate surface area is 121 Å². The Kier molecular flexibility index (Phi) is 5.53. The molecule has 0 unspecified atom stereocenters. The molecule has 1 aliphatic heterocycles. The molecule has 0 N–H and O–H groups in total. The Balaban J connectivity index is 1.93. The summed E-state index contributed by atoms with van der Waals surface area (Å²) in [5.74, 6) is 0.492. The Morgan fingerprint density at radius 1 is 1.45 bits per heavy atom. The highest BCUT2D eigenvalue weighted by atomic mass is 16.2. The number of hydrogen-bond acceptors (Lipinski definition) is 3. The van der Waals surface area contributed by atoms with Crippen LogP contribution in [0.5, 0.6) is 0 Å². The van der Waals surface area contributed by atoms with E-state index in [0.29, 0.717) is 5.91 Å². The second-order valence-corrected chi connectivity index (χ2v) is 5.45. The third-order valence-electron chi connectivity index (χ3n) is 4.06. The Morgan fingerprint density at radius 3 is 2.90 bits per heavy atom. The first kappa shape index (κ1) is 15.0. The monoisotopic (exact) mass is 275 g/mol. The van der Waals surface area contributed by atoms with Gasteiger partial charge in [-0.1, -0.05) is 6.07 Å². The van der Waals surface area contributed by atoms with Gasteiger partial charge in [-0.25, -0.2) is 0 Å². The van der Waals surface area contributed by atoms with E-state index in [-0.39, 0.29) is 5.92 Å². The van der Waals surface area contributed by atoms with E-state index in [0.717, 1.165) is 45.6 Å². The summed E-state index contributed by atoms with van der Waals surface area (Å²) in [4.78, 5) is 20.9. The molecule has 0 aromatic carbocycles. The van der Waals surface area contributed by atoms with Crippen LogP contribution in [0.1, 0.15) is 32.3 Å². The zero-order chi connectivity index (χ0) is 14.4. The maximum Gasteiger partial charge on any atom is 0.226 e. The number of amides is 1. The van der Waals surface area contributed by atoms with Crippen molar-refractivity contribution in [2.75, 3.05) is 26.2 Å². The van der Waals surface area contributed by atoms with Gasteiger partial charge >= 0.3 is 0 Å².